The van der Waals surface area contributed by atoms with E-state index in [9.17, 15) is 5.11 Å². The Morgan fingerprint density at radius 2 is 2.18 bits per heavy atom. The highest BCUT2D eigenvalue weighted by molar-refractivity contribution is 7.10. The maximum absolute atomic E-state index is 10.8. The second kappa shape index (κ2) is 9.54. The zero-order valence-electron chi connectivity index (χ0n) is 17.1. The lowest BCUT2D eigenvalue weighted by molar-refractivity contribution is 0.0671. The molecule has 3 heterocycles. The molecule has 2 unspecified atom stereocenters. The number of nitrogens with one attached hydrogen (secondary N) is 2. The van der Waals surface area contributed by atoms with Crippen molar-refractivity contribution >= 4 is 17.3 Å². The van der Waals surface area contributed by atoms with Crippen molar-refractivity contribution in [2.45, 2.75) is 38.3 Å². The molecule has 0 spiro atoms. The lowest BCUT2D eigenvalue weighted by Gasteiger charge is -2.28. The summed E-state index contributed by atoms with van der Waals surface area (Å²) in [7, 11) is 1.84. The number of aromatic nitrogens is 2. The number of aliphatic hydroxyl groups is 1. The molecule has 0 radical (unpaired) electrons. The third kappa shape index (κ3) is 5.33. The molecular formula is C20H32N6OS. The van der Waals surface area contributed by atoms with Crippen LogP contribution in [0.1, 0.15) is 43.2 Å². The quantitative estimate of drug-likeness (QED) is 0.464. The smallest absolute Gasteiger partial charge is 0.191 e. The average molecular weight is 405 g/mol. The van der Waals surface area contributed by atoms with Crippen LogP contribution in [-0.4, -0.2) is 58.5 Å². The third-order valence-corrected chi connectivity index (χ3v) is 6.11. The van der Waals surface area contributed by atoms with E-state index in [1.165, 1.54) is 17.7 Å². The van der Waals surface area contributed by atoms with E-state index in [1.807, 2.05) is 31.5 Å². The van der Waals surface area contributed by atoms with Gasteiger partial charge >= 0.3 is 0 Å². The predicted molar refractivity (Wildman–Crippen MR) is 115 cm³/mol. The minimum atomic E-state index is -1.06. The van der Waals surface area contributed by atoms with Crippen molar-refractivity contribution in [1.82, 2.24) is 25.3 Å². The van der Waals surface area contributed by atoms with Crippen LogP contribution in [0.2, 0.25) is 0 Å². The van der Waals surface area contributed by atoms with Gasteiger partial charge in [0.05, 0.1) is 18.8 Å². The maximum atomic E-state index is 10.8. The van der Waals surface area contributed by atoms with Gasteiger partial charge < -0.3 is 15.7 Å². The van der Waals surface area contributed by atoms with Crippen molar-refractivity contribution in [1.29, 1.82) is 0 Å². The Kier molecular flexibility index (Phi) is 7.09. The molecule has 28 heavy (non-hydrogen) atoms. The summed E-state index contributed by atoms with van der Waals surface area (Å²) >= 11 is 1.81. The first-order valence-corrected chi connectivity index (χ1v) is 10.9. The highest BCUT2D eigenvalue weighted by Gasteiger charge is 2.26. The molecule has 8 heteroatoms. The van der Waals surface area contributed by atoms with Crippen molar-refractivity contribution in [3.05, 3.63) is 40.3 Å². The first-order chi connectivity index (χ1) is 13.5. The van der Waals surface area contributed by atoms with Gasteiger partial charge in [-0.05, 0) is 51.2 Å². The monoisotopic (exact) mass is 404 g/mol. The molecule has 7 nitrogen and oxygen atoms in total. The largest absolute Gasteiger partial charge is 0.383 e. The maximum Gasteiger partial charge on any atom is 0.191 e. The number of nitrogens with zero attached hydrogens (tertiary/aromatic N) is 4. The number of likely N-dealkylation sites (tertiary alicyclic amines) is 1. The number of guanidine groups is 1. The molecule has 3 rings (SSSR count). The van der Waals surface area contributed by atoms with Crippen molar-refractivity contribution < 1.29 is 5.11 Å². The second-order valence-electron chi connectivity index (χ2n) is 7.53. The third-order valence-electron chi connectivity index (χ3n) is 5.13. The van der Waals surface area contributed by atoms with Gasteiger partial charge in [-0.1, -0.05) is 6.07 Å². The molecule has 2 atom stereocenters. The fourth-order valence-corrected chi connectivity index (χ4v) is 4.36. The standard InChI is InChI=1S/C20H32N6OS/c1-4-21-19(23-15-20(2,27)16-12-24-25(3)14-16)22-13-17(18-8-7-11-28-18)26-9-5-6-10-26/h7-8,11-12,14,17,27H,4-6,9-10,13,15H2,1-3H3,(H2,21,22,23). The lowest BCUT2D eigenvalue weighted by atomic mass is 10.0. The van der Waals surface area contributed by atoms with Gasteiger partial charge in [-0.3, -0.25) is 9.58 Å². The number of rotatable bonds is 8. The topological polar surface area (TPSA) is 77.7 Å². The van der Waals surface area contributed by atoms with Crippen LogP contribution in [0.25, 0.3) is 0 Å². The molecule has 1 fully saturated rings. The lowest BCUT2D eigenvalue weighted by Crippen LogP contribution is -2.43. The second-order valence-corrected chi connectivity index (χ2v) is 8.51. The zero-order valence-corrected chi connectivity index (χ0v) is 17.9. The van der Waals surface area contributed by atoms with E-state index in [0.717, 1.165) is 37.7 Å². The minimum Gasteiger partial charge on any atom is -0.383 e. The van der Waals surface area contributed by atoms with E-state index in [0.29, 0.717) is 6.04 Å². The Hall–Kier alpha value is -1.90. The van der Waals surface area contributed by atoms with Crippen molar-refractivity contribution in [2.24, 2.45) is 12.0 Å². The molecule has 0 saturated carbocycles. The summed E-state index contributed by atoms with van der Waals surface area (Å²) in [5.74, 6) is 0.729. The van der Waals surface area contributed by atoms with E-state index in [4.69, 9.17) is 0 Å². The number of aryl methyl sites for hydroxylation is 1. The molecule has 1 aliphatic heterocycles. The van der Waals surface area contributed by atoms with Crippen LogP contribution in [0, 0.1) is 0 Å². The number of hydrogen-bond donors (Lipinski definition) is 3. The van der Waals surface area contributed by atoms with Crippen molar-refractivity contribution in [3.8, 4) is 0 Å². The van der Waals surface area contributed by atoms with Gasteiger partial charge in [0.2, 0.25) is 0 Å². The fourth-order valence-electron chi connectivity index (χ4n) is 3.50. The van der Waals surface area contributed by atoms with Crippen LogP contribution in [0.4, 0.5) is 0 Å². The van der Waals surface area contributed by atoms with Crippen LogP contribution < -0.4 is 10.6 Å². The SMILES string of the molecule is CCNC(=NCC(C)(O)c1cnn(C)c1)NCC(c1cccs1)N1CCCC1. The summed E-state index contributed by atoms with van der Waals surface area (Å²) in [6.45, 7) is 7.95. The summed E-state index contributed by atoms with van der Waals surface area (Å²) in [6, 6.07) is 4.69. The van der Waals surface area contributed by atoms with Crippen LogP contribution in [0.15, 0.2) is 34.9 Å². The zero-order chi connectivity index (χ0) is 20.0. The molecule has 0 bridgehead atoms. The van der Waals surface area contributed by atoms with Crippen molar-refractivity contribution in [2.75, 3.05) is 32.7 Å². The number of hydrogen-bond acceptors (Lipinski definition) is 5. The summed E-state index contributed by atoms with van der Waals surface area (Å²) in [5, 5.41) is 23.9. The first-order valence-electron chi connectivity index (χ1n) is 10.0. The Morgan fingerprint density at radius 1 is 1.39 bits per heavy atom. The van der Waals surface area contributed by atoms with Crippen LogP contribution >= 0.6 is 11.3 Å². The minimum absolute atomic E-state index is 0.265. The average Bonchev–Trinajstić information content (AvgIpc) is 3.42. The van der Waals surface area contributed by atoms with Gasteiger partial charge in [-0.2, -0.15) is 5.10 Å². The van der Waals surface area contributed by atoms with E-state index in [1.54, 1.807) is 17.8 Å². The Bertz CT molecular complexity index is 749. The highest BCUT2D eigenvalue weighted by atomic mass is 32.1. The molecule has 0 aromatic carbocycles. The molecule has 0 amide bonds. The van der Waals surface area contributed by atoms with E-state index >= 15 is 0 Å². The molecular weight excluding hydrogens is 372 g/mol. The predicted octanol–water partition coefficient (Wildman–Crippen LogP) is 2.08. The van der Waals surface area contributed by atoms with Crippen LogP contribution in [0.5, 0.6) is 0 Å². The van der Waals surface area contributed by atoms with Gasteiger partial charge in [0, 0.05) is 36.8 Å². The van der Waals surface area contributed by atoms with Gasteiger partial charge in [0.25, 0.3) is 0 Å². The van der Waals surface area contributed by atoms with Crippen molar-refractivity contribution in [3.63, 3.8) is 0 Å². The Balaban J connectivity index is 1.66. The van der Waals surface area contributed by atoms with E-state index in [-0.39, 0.29) is 6.54 Å². The van der Waals surface area contributed by atoms with Gasteiger partial charge in [0.1, 0.15) is 5.60 Å². The summed E-state index contributed by atoms with van der Waals surface area (Å²) in [5.41, 5.74) is -0.290. The summed E-state index contributed by atoms with van der Waals surface area (Å²) in [6.07, 6.45) is 6.06. The van der Waals surface area contributed by atoms with Gasteiger partial charge in [-0.25, -0.2) is 4.99 Å². The molecule has 0 aliphatic carbocycles. The summed E-state index contributed by atoms with van der Waals surface area (Å²) in [4.78, 5) is 8.57. The van der Waals surface area contributed by atoms with Crippen LogP contribution in [-0.2, 0) is 12.6 Å². The molecule has 2 aromatic heterocycles. The number of thiophene rings is 1. The van der Waals surface area contributed by atoms with Gasteiger partial charge in [0.15, 0.2) is 5.96 Å². The number of aliphatic imine (C=N–C) groups is 1. The van der Waals surface area contributed by atoms with Crippen LogP contribution in [0.3, 0.4) is 0 Å². The molecule has 154 valence electrons. The molecule has 3 N–H and O–H groups in total. The Morgan fingerprint density at radius 3 is 2.79 bits per heavy atom. The van der Waals surface area contributed by atoms with Gasteiger partial charge in [-0.15, -0.1) is 11.3 Å². The first kappa shape index (κ1) is 20.8. The molecule has 1 saturated heterocycles. The molecule has 1 aliphatic rings. The highest BCUT2D eigenvalue weighted by Crippen LogP contribution is 2.27. The summed E-state index contributed by atoms with van der Waals surface area (Å²) < 4.78 is 1.69. The normalized spacial score (nSPS) is 18.8. The Labute approximate surface area is 171 Å². The fraction of sp³-hybridized carbons (Fsp3) is 0.600. The van der Waals surface area contributed by atoms with E-state index in [2.05, 4.69) is 43.1 Å². The van der Waals surface area contributed by atoms with E-state index < -0.39 is 5.60 Å². The molecule has 2 aromatic rings.